The zero-order valence-electron chi connectivity index (χ0n) is 10.1. The maximum absolute atomic E-state index is 13.5. The van der Waals surface area contributed by atoms with Crippen LogP contribution >= 0.6 is 0 Å². The lowest BCUT2D eigenvalue weighted by Crippen LogP contribution is -2.07. The molecule has 0 N–H and O–H groups in total. The van der Waals surface area contributed by atoms with Crippen molar-refractivity contribution in [2.24, 2.45) is 0 Å². The standard InChI is InChI=1S/C13H8F5NO/c1-7-4-9(14)12(10(15)5-7)20-8-2-3-19-11(6-8)13(16,17)18/h2-6H,1H3. The fraction of sp³-hybridized carbons (Fsp3) is 0.154. The van der Waals surface area contributed by atoms with Gasteiger partial charge in [0.25, 0.3) is 0 Å². The summed E-state index contributed by atoms with van der Waals surface area (Å²) in [5.41, 5.74) is -0.874. The van der Waals surface area contributed by atoms with E-state index < -0.39 is 29.3 Å². The van der Waals surface area contributed by atoms with Gasteiger partial charge < -0.3 is 4.74 Å². The molecular weight excluding hydrogens is 281 g/mol. The summed E-state index contributed by atoms with van der Waals surface area (Å²) in [7, 11) is 0. The van der Waals surface area contributed by atoms with Crippen molar-refractivity contribution in [3.8, 4) is 11.5 Å². The molecule has 0 fully saturated rings. The molecule has 1 aromatic heterocycles. The van der Waals surface area contributed by atoms with Gasteiger partial charge in [-0.2, -0.15) is 13.2 Å². The molecule has 20 heavy (non-hydrogen) atoms. The topological polar surface area (TPSA) is 22.1 Å². The summed E-state index contributed by atoms with van der Waals surface area (Å²) in [6, 6.07) is 3.68. The molecule has 0 unspecified atom stereocenters. The third-order valence-electron chi connectivity index (χ3n) is 2.38. The third-order valence-corrected chi connectivity index (χ3v) is 2.38. The molecule has 0 aliphatic rings. The van der Waals surface area contributed by atoms with Crippen LogP contribution in [0.4, 0.5) is 22.0 Å². The molecule has 2 nitrogen and oxygen atoms in total. The summed E-state index contributed by atoms with van der Waals surface area (Å²) in [5.74, 6) is -3.09. The van der Waals surface area contributed by atoms with E-state index in [2.05, 4.69) is 4.98 Å². The Hall–Kier alpha value is -2.18. The SMILES string of the molecule is Cc1cc(F)c(Oc2ccnc(C(F)(F)F)c2)c(F)c1. The molecule has 0 aliphatic heterocycles. The molecule has 1 heterocycles. The van der Waals surface area contributed by atoms with Crippen LogP contribution in [0.25, 0.3) is 0 Å². The van der Waals surface area contributed by atoms with E-state index in [4.69, 9.17) is 4.74 Å². The number of halogens is 5. The number of hydrogen-bond acceptors (Lipinski definition) is 2. The first-order chi connectivity index (χ1) is 9.27. The monoisotopic (exact) mass is 289 g/mol. The van der Waals surface area contributed by atoms with Gasteiger partial charge in [-0.25, -0.2) is 8.78 Å². The predicted molar refractivity (Wildman–Crippen MR) is 60.4 cm³/mol. The summed E-state index contributed by atoms with van der Waals surface area (Å²) in [6.07, 6.45) is -3.81. The number of ether oxygens (including phenoxy) is 1. The first-order valence-electron chi connectivity index (χ1n) is 5.44. The van der Waals surface area contributed by atoms with E-state index in [-0.39, 0.29) is 5.75 Å². The van der Waals surface area contributed by atoms with Gasteiger partial charge in [-0.1, -0.05) is 0 Å². The molecule has 0 spiro atoms. The highest BCUT2D eigenvalue weighted by Crippen LogP contribution is 2.32. The number of pyridine rings is 1. The summed E-state index contributed by atoms with van der Waals surface area (Å²) < 4.78 is 69.3. The van der Waals surface area contributed by atoms with Gasteiger partial charge in [0.2, 0.25) is 0 Å². The zero-order chi connectivity index (χ0) is 14.9. The number of aryl methyl sites for hydroxylation is 1. The molecule has 7 heteroatoms. The van der Waals surface area contributed by atoms with Gasteiger partial charge in [0, 0.05) is 12.3 Å². The molecule has 0 aliphatic carbocycles. The Morgan fingerprint density at radius 3 is 2.20 bits per heavy atom. The van der Waals surface area contributed by atoms with Crippen molar-refractivity contribution in [3.63, 3.8) is 0 Å². The van der Waals surface area contributed by atoms with Crippen LogP contribution in [0, 0.1) is 18.6 Å². The van der Waals surface area contributed by atoms with Crippen molar-refractivity contribution in [1.29, 1.82) is 0 Å². The molecule has 0 radical (unpaired) electrons. The van der Waals surface area contributed by atoms with Crippen LogP contribution in [0.3, 0.4) is 0 Å². The number of rotatable bonds is 2. The number of alkyl halides is 3. The Morgan fingerprint density at radius 1 is 1.05 bits per heavy atom. The summed E-state index contributed by atoms with van der Waals surface area (Å²) in [6.45, 7) is 1.48. The molecule has 0 atom stereocenters. The van der Waals surface area contributed by atoms with Gasteiger partial charge >= 0.3 is 6.18 Å². The van der Waals surface area contributed by atoms with Gasteiger partial charge in [0.15, 0.2) is 17.4 Å². The van der Waals surface area contributed by atoms with Crippen LogP contribution in [0.15, 0.2) is 30.5 Å². The number of hydrogen-bond donors (Lipinski definition) is 0. The second-order valence-corrected chi connectivity index (χ2v) is 4.03. The van der Waals surface area contributed by atoms with Crippen molar-refractivity contribution in [2.45, 2.75) is 13.1 Å². The largest absolute Gasteiger partial charge is 0.451 e. The average molecular weight is 289 g/mol. The van der Waals surface area contributed by atoms with E-state index in [9.17, 15) is 22.0 Å². The molecule has 0 saturated carbocycles. The van der Waals surface area contributed by atoms with Crippen molar-refractivity contribution in [1.82, 2.24) is 4.98 Å². The quantitative estimate of drug-likeness (QED) is 0.760. The molecular formula is C13H8F5NO. The molecule has 2 aromatic rings. The van der Waals surface area contributed by atoms with Crippen molar-refractivity contribution < 1.29 is 26.7 Å². The van der Waals surface area contributed by atoms with E-state index in [1.54, 1.807) is 0 Å². The minimum absolute atomic E-state index is 0.332. The van der Waals surface area contributed by atoms with Crippen molar-refractivity contribution in [3.05, 3.63) is 53.4 Å². The van der Waals surface area contributed by atoms with Crippen molar-refractivity contribution in [2.75, 3.05) is 0 Å². The second-order valence-electron chi connectivity index (χ2n) is 4.03. The lowest BCUT2D eigenvalue weighted by molar-refractivity contribution is -0.141. The molecule has 1 aromatic carbocycles. The van der Waals surface area contributed by atoms with E-state index >= 15 is 0 Å². The first kappa shape index (κ1) is 14.2. The lowest BCUT2D eigenvalue weighted by Gasteiger charge is -2.10. The highest BCUT2D eigenvalue weighted by atomic mass is 19.4. The molecule has 0 saturated heterocycles. The maximum Gasteiger partial charge on any atom is 0.433 e. The highest BCUT2D eigenvalue weighted by molar-refractivity contribution is 5.36. The van der Waals surface area contributed by atoms with E-state index in [0.717, 1.165) is 24.4 Å². The fourth-order valence-corrected chi connectivity index (χ4v) is 1.53. The summed E-state index contributed by atoms with van der Waals surface area (Å²) >= 11 is 0. The number of aromatic nitrogens is 1. The second kappa shape index (κ2) is 5.07. The summed E-state index contributed by atoms with van der Waals surface area (Å²) in [4.78, 5) is 3.12. The first-order valence-corrected chi connectivity index (χ1v) is 5.44. The third kappa shape index (κ3) is 3.04. The fourth-order valence-electron chi connectivity index (χ4n) is 1.53. The van der Waals surface area contributed by atoms with Crippen LogP contribution in [0.1, 0.15) is 11.3 Å². The molecule has 106 valence electrons. The molecule has 2 rings (SSSR count). The summed E-state index contributed by atoms with van der Waals surface area (Å²) in [5, 5.41) is 0. The zero-order valence-corrected chi connectivity index (χ0v) is 10.1. The van der Waals surface area contributed by atoms with Gasteiger partial charge in [0.05, 0.1) is 0 Å². The van der Waals surface area contributed by atoms with Crippen LogP contribution in [-0.4, -0.2) is 4.98 Å². The van der Waals surface area contributed by atoms with Crippen LogP contribution < -0.4 is 4.74 Å². The highest BCUT2D eigenvalue weighted by Gasteiger charge is 2.32. The average Bonchev–Trinajstić information content (AvgIpc) is 2.33. The minimum Gasteiger partial charge on any atom is -0.451 e. The van der Waals surface area contributed by atoms with Gasteiger partial charge in [0.1, 0.15) is 11.4 Å². The normalized spacial score (nSPS) is 11.5. The predicted octanol–water partition coefficient (Wildman–Crippen LogP) is 4.48. The Balaban J connectivity index is 2.36. The Kier molecular flexibility index (Phi) is 3.61. The van der Waals surface area contributed by atoms with Gasteiger partial charge in [-0.3, -0.25) is 4.98 Å². The Labute approximate surface area is 110 Å². The van der Waals surface area contributed by atoms with E-state index in [0.29, 0.717) is 11.6 Å². The van der Waals surface area contributed by atoms with E-state index in [1.165, 1.54) is 6.92 Å². The van der Waals surface area contributed by atoms with Crippen molar-refractivity contribution >= 4 is 0 Å². The Morgan fingerprint density at radius 2 is 1.65 bits per heavy atom. The maximum atomic E-state index is 13.5. The van der Waals surface area contributed by atoms with Crippen LogP contribution in [0.5, 0.6) is 11.5 Å². The number of benzene rings is 1. The van der Waals surface area contributed by atoms with Gasteiger partial charge in [-0.05, 0) is 30.7 Å². The van der Waals surface area contributed by atoms with Crippen LogP contribution in [-0.2, 0) is 6.18 Å². The Bertz CT molecular complexity index is 616. The van der Waals surface area contributed by atoms with Crippen LogP contribution in [0.2, 0.25) is 0 Å². The lowest BCUT2D eigenvalue weighted by atomic mass is 10.2. The van der Waals surface area contributed by atoms with E-state index in [1.807, 2.05) is 0 Å². The number of nitrogens with zero attached hydrogens (tertiary/aromatic N) is 1. The molecule has 0 amide bonds. The smallest absolute Gasteiger partial charge is 0.433 e. The van der Waals surface area contributed by atoms with Gasteiger partial charge in [-0.15, -0.1) is 0 Å². The molecule has 0 bridgehead atoms. The minimum atomic E-state index is -4.66.